The summed E-state index contributed by atoms with van der Waals surface area (Å²) in [6.07, 6.45) is -1.72. The number of guanidine groups is 1. The summed E-state index contributed by atoms with van der Waals surface area (Å²) in [7, 11) is 0. The minimum absolute atomic E-state index is 0. The molecule has 0 bridgehead atoms. The number of benzene rings is 1. The average Bonchev–Trinajstić information content (AvgIpc) is 2.86. The Hall–Kier alpha value is -1.78. The fourth-order valence-electron chi connectivity index (χ4n) is 1.99. The number of aryl methyl sites for hydroxylation is 2. The van der Waals surface area contributed by atoms with E-state index >= 15 is 0 Å². The molecule has 2 rings (SSSR count). The van der Waals surface area contributed by atoms with Crippen molar-refractivity contribution in [1.29, 1.82) is 0 Å². The first-order chi connectivity index (χ1) is 10.7. The quantitative estimate of drug-likeness (QED) is 0.423. The van der Waals surface area contributed by atoms with Crippen molar-refractivity contribution in [3.63, 3.8) is 0 Å². The van der Waals surface area contributed by atoms with Crippen LogP contribution in [-0.2, 0) is 13.1 Å². The highest BCUT2D eigenvalue weighted by Crippen LogP contribution is 2.18. The average molecular weight is 453 g/mol. The minimum atomic E-state index is -4.30. The van der Waals surface area contributed by atoms with Gasteiger partial charge in [-0.3, -0.25) is 0 Å². The molecule has 0 amide bonds. The zero-order valence-electron chi connectivity index (χ0n) is 13.3. The molecule has 0 aliphatic heterocycles. The molecule has 0 spiro atoms. The van der Waals surface area contributed by atoms with Gasteiger partial charge in [-0.05, 0) is 37.1 Å². The second kappa shape index (κ2) is 8.36. The normalized spacial score (nSPS) is 12.0. The minimum Gasteiger partial charge on any atom is -0.370 e. The number of alkyl halides is 3. The maximum Gasteiger partial charge on any atom is 0.406 e. The lowest BCUT2D eigenvalue weighted by molar-refractivity contribution is -0.141. The topological polar surface area (TPSA) is 68.2 Å². The maximum absolute atomic E-state index is 12.4. The third-order valence-corrected chi connectivity index (χ3v) is 3.32. The molecular formula is C15H19F3IN5. The molecule has 2 aromatic rings. The van der Waals surface area contributed by atoms with Gasteiger partial charge >= 0.3 is 6.18 Å². The van der Waals surface area contributed by atoms with Gasteiger partial charge in [0.1, 0.15) is 18.9 Å². The van der Waals surface area contributed by atoms with Gasteiger partial charge in [-0.15, -0.1) is 24.0 Å². The van der Waals surface area contributed by atoms with Crippen molar-refractivity contribution in [1.82, 2.24) is 9.55 Å². The van der Waals surface area contributed by atoms with Gasteiger partial charge in [0.05, 0.1) is 0 Å². The summed E-state index contributed by atoms with van der Waals surface area (Å²) in [5.41, 5.74) is 8.79. The molecule has 0 atom stereocenters. The van der Waals surface area contributed by atoms with Crippen molar-refractivity contribution in [2.45, 2.75) is 33.1 Å². The van der Waals surface area contributed by atoms with Crippen LogP contribution in [0.3, 0.4) is 0 Å². The monoisotopic (exact) mass is 453 g/mol. The SMILES string of the molecule is Cc1ccc(NC(N)=NCc2nccn2CC(F)(F)F)cc1C.I. The molecule has 1 aromatic carbocycles. The summed E-state index contributed by atoms with van der Waals surface area (Å²) < 4.78 is 38.3. The molecule has 24 heavy (non-hydrogen) atoms. The van der Waals surface area contributed by atoms with E-state index in [1.54, 1.807) is 0 Å². The first-order valence-corrected chi connectivity index (χ1v) is 6.95. The molecule has 3 N–H and O–H groups in total. The lowest BCUT2D eigenvalue weighted by atomic mass is 10.1. The second-order valence-electron chi connectivity index (χ2n) is 5.21. The summed E-state index contributed by atoms with van der Waals surface area (Å²) in [5, 5.41) is 2.91. The molecule has 1 heterocycles. The van der Waals surface area contributed by atoms with Gasteiger partial charge < -0.3 is 15.6 Å². The lowest BCUT2D eigenvalue weighted by Crippen LogP contribution is -2.23. The Balaban J connectivity index is 0.00000288. The smallest absolute Gasteiger partial charge is 0.370 e. The van der Waals surface area contributed by atoms with Crippen molar-refractivity contribution in [3.8, 4) is 0 Å². The largest absolute Gasteiger partial charge is 0.406 e. The number of aliphatic imine (C=N–C) groups is 1. The summed E-state index contributed by atoms with van der Waals surface area (Å²) >= 11 is 0. The highest BCUT2D eigenvalue weighted by molar-refractivity contribution is 14.0. The molecule has 0 radical (unpaired) electrons. The van der Waals surface area contributed by atoms with Crippen molar-refractivity contribution in [2.24, 2.45) is 10.7 Å². The predicted molar refractivity (Wildman–Crippen MR) is 98.6 cm³/mol. The molecule has 0 aliphatic rings. The molecule has 0 aliphatic carbocycles. The Bertz CT molecular complexity index is 709. The molecule has 0 saturated heterocycles. The van der Waals surface area contributed by atoms with Gasteiger partial charge in [-0.2, -0.15) is 13.2 Å². The number of halogens is 4. The second-order valence-corrected chi connectivity index (χ2v) is 5.21. The first kappa shape index (κ1) is 20.3. The van der Waals surface area contributed by atoms with Crippen molar-refractivity contribution >= 4 is 35.6 Å². The predicted octanol–water partition coefficient (Wildman–Crippen LogP) is 3.61. The zero-order valence-corrected chi connectivity index (χ0v) is 15.6. The van der Waals surface area contributed by atoms with Gasteiger partial charge in [0, 0.05) is 18.1 Å². The molecule has 9 heteroatoms. The van der Waals surface area contributed by atoms with Crippen LogP contribution in [0.5, 0.6) is 0 Å². The Labute approximate surface area is 155 Å². The lowest BCUT2D eigenvalue weighted by Gasteiger charge is -2.10. The van der Waals surface area contributed by atoms with Crippen LogP contribution in [-0.4, -0.2) is 21.7 Å². The standard InChI is InChI=1S/C15H18F3N5.HI/c1-10-3-4-12(7-11(10)2)22-14(19)21-8-13-20-5-6-23(13)9-15(16,17)18;/h3-7H,8-9H2,1-2H3,(H3,19,21,22);1H. The molecule has 132 valence electrons. The Kier molecular flexibility index (Phi) is 7.06. The van der Waals surface area contributed by atoms with Crippen LogP contribution in [0.4, 0.5) is 18.9 Å². The van der Waals surface area contributed by atoms with Crippen LogP contribution in [0.2, 0.25) is 0 Å². The zero-order chi connectivity index (χ0) is 17.0. The van der Waals surface area contributed by atoms with E-state index in [2.05, 4.69) is 15.3 Å². The van der Waals surface area contributed by atoms with E-state index in [4.69, 9.17) is 5.73 Å². The third-order valence-electron chi connectivity index (χ3n) is 3.32. The fourth-order valence-corrected chi connectivity index (χ4v) is 1.99. The molecule has 0 unspecified atom stereocenters. The summed E-state index contributed by atoms with van der Waals surface area (Å²) in [5.74, 6) is 0.321. The van der Waals surface area contributed by atoms with Gasteiger partial charge in [0.25, 0.3) is 0 Å². The van der Waals surface area contributed by atoms with E-state index in [0.717, 1.165) is 21.4 Å². The van der Waals surface area contributed by atoms with Crippen LogP contribution in [0, 0.1) is 13.8 Å². The van der Waals surface area contributed by atoms with E-state index < -0.39 is 12.7 Å². The van der Waals surface area contributed by atoms with Gasteiger partial charge in [-0.25, -0.2) is 9.98 Å². The van der Waals surface area contributed by atoms with E-state index in [1.165, 1.54) is 12.4 Å². The van der Waals surface area contributed by atoms with E-state index in [-0.39, 0.29) is 42.3 Å². The molecule has 5 nitrogen and oxygen atoms in total. The van der Waals surface area contributed by atoms with E-state index in [9.17, 15) is 13.2 Å². The van der Waals surface area contributed by atoms with Crippen LogP contribution in [0.1, 0.15) is 17.0 Å². The highest BCUT2D eigenvalue weighted by atomic mass is 127. The van der Waals surface area contributed by atoms with Crippen molar-refractivity contribution in [2.75, 3.05) is 5.32 Å². The van der Waals surface area contributed by atoms with Crippen molar-refractivity contribution in [3.05, 3.63) is 47.5 Å². The maximum atomic E-state index is 12.4. The number of nitrogens with two attached hydrogens (primary N) is 1. The number of hydrogen-bond donors (Lipinski definition) is 2. The Morgan fingerprint density at radius 2 is 2.00 bits per heavy atom. The molecular weight excluding hydrogens is 434 g/mol. The molecule has 0 saturated carbocycles. The summed E-state index contributed by atoms with van der Waals surface area (Å²) in [4.78, 5) is 7.91. The number of rotatable bonds is 4. The Morgan fingerprint density at radius 1 is 1.29 bits per heavy atom. The highest BCUT2D eigenvalue weighted by Gasteiger charge is 2.28. The summed E-state index contributed by atoms with van der Waals surface area (Å²) in [6, 6.07) is 5.72. The summed E-state index contributed by atoms with van der Waals surface area (Å²) in [6.45, 7) is 2.84. The van der Waals surface area contributed by atoms with Crippen LogP contribution < -0.4 is 11.1 Å². The number of imidazole rings is 1. The number of hydrogen-bond acceptors (Lipinski definition) is 2. The van der Waals surface area contributed by atoms with Gasteiger partial charge in [0.2, 0.25) is 0 Å². The first-order valence-electron chi connectivity index (χ1n) is 6.95. The number of nitrogens with zero attached hydrogens (tertiary/aromatic N) is 3. The Morgan fingerprint density at radius 3 is 2.62 bits per heavy atom. The van der Waals surface area contributed by atoms with Crippen LogP contribution in [0.25, 0.3) is 0 Å². The van der Waals surface area contributed by atoms with Crippen LogP contribution >= 0.6 is 24.0 Å². The van der Waals surface area contributed by atoms with Gasteiger partial charge in [0.15, 0.2) is 5.96 Å². The van der Waals surface area contributed by atoms with Crippen molar-refractivity contribution < 1.29 is 13.2 Å². The van der Waals surface area contributed by atoms with E-state index in [0.29, 0.717) is 0 Å². The van der Waals surface area contributed by atoms with Crippen LogP contribution in [0.15, 0.2) is 35.6 Å². The number of aromatic nitrogens is 2. The third kappa shape index (κ3) is 6.02. The molecule has 1 aromatic heterocycles. The van der Waals surface area contributed by atoms with Gasteiger partial charge in [-0.1, -0.05) is 6.07 Å². The fraction of sp³-hybridized carbons (Fsp3) is 0.333. The number of anilines is 1. The molecule has 0 fully saturated rings. The van der Waals surface area contributed by atoms with E-state index in [1.807, 2.05) is 32.0 Å². The number of nitrogens with one attached hydrogen (secondary N) is 1.